The number of rotatable bonds is 7. The van der Waals surface area contributed by atoms with E-state index in [4.69, 9.17) is 11.6 Å². The van der Waals surface area contributed by atoms with E-state index in [0.29, 0.717) is 6.07 Å². The summed E-state index contributed by atoms with van der Waals surface area (Å²) in [6.07, 6.45) is -4.82. The Labute approximate surface area is 172 Å². The first kappa shape index (κ1) is 23.5. The monoisotopic (exact) mass is 470 g/mol. The second-order valence-corrected chi connectivity index (χ2v) is 9.89. The number of hydrogen-bond acceptors (Lipinski definition) is 4. The highest BCUT2D eigenvalue weighted by Crippen LogP contribution is 2.36. The Hall–Kier alpha value is -1.82. The van der Waals surface area contributed by atoms with Crippen molar-refractivity contribution in [2.75, 3.05) is 17.8 Å². The summed E-state index contributed by atoms with van der Waals surface area (Å²) in [5, 5.41) is -0.623. The maximum atomic E-state index is 13.0. The van der Waals surface area contributed by atoms with Gasteiger partial charge in [-0.3, -0.25) is 4.72 Å². The van der Waals surface area contributed by atoms with Crippen molar-refractivity contribution in [2.45, 2.75) is 29.8 Å². The summed E-state index contributed by atoms with van der Waals surface area (Å²) in [7, 11) is -8.08. The van der Waals surface area contributed by atoms with E-state index in [1.807, 2.05) is 0 Å². The molecule has 0 amide bonds. The first-order chi connectivity index (χ1) is 13.3. The number of nitrogens with one attached hydrogen (secondary N) is 1. The third-order valence-electron chi connectivity index (χ3n) is 4.00. The topological polar surface area (TPSA) is 83.6 Å². The molecular formula is C17H18ClF3N2O4S2. The Balaban J connectivity index is 2.33. The lowest BCUT2D eigenvalue weighted by molar-refractivity contribution is -0.137. The molecule has 0 radical (unpaired) electrons. The Morgan fingerprint density at radius 3 is 1.93 bits per heavy atom. The smallest absolute Gasteiger partial charge is 0.280 e. The molecule has 0 saturated heterocycles. The lowest BCUT2D eigenvalue weighted by atomic mass is 10.2. The Morgan fingerprint density at radius 2 is 1.45 bits per heavy atom. The minimum absolute atomic E-state index is 0.00740. The zero-order valence-corrected chi connectivity index (χ0v) is 17.8. The maximum Gasteiger partial charge on any atom is 0.417 e. The third kappa shape index (κ3) is 5.21. The lowest BCUT2D eigenvalue weighted by Gasteiger charge is -2.18. The quantitative estimate of drug-likeness (QED) is 0.657. The van der Waals surface area contributed by atoms with Gasteiger partial charge in [0.1, 0.15) is 0 Å². The molecule has 0 spiro atoms. The molecule has 0 aliphatic heterocycles. The van der Waals surface area contributed by atoms with Gasteiger partial charge >= 0.3 is 6.18 Å². The molecule has 0 aromatic heterocycles. The zero-order valence-electron chi connectivity index (χ0n) is 15.4. The maximum absolute atomic E-state index is 13.0. The van der Waals surface area contributed by atoms with Crippen molar-refractivity contribution in [3.05, 3.63) is 53.1 Å². The van der Waals surface area contributed by atoms with Crippen molar-refractivity contribution < 1.29 is 30.0 Å². The molecule has 0 fully saturated rings. The number of nitrogens with zero attached hydrogens (tertiary/aromatic N) is 1. The number of benzene rings is 2. The minimum Gasteiger partial charge on any atom is -0.280 e. The third-order valence-corrected chi connectivity index (χ3v) is 7.78. The molecule has 29 heavy (non-hydrogen) atoms. The van der Waals surface area contributed by atoms with Crippen LogP contribution in [0.3, 0.4) is 0 Å². The fourth-order valence-corrected chi connectivity index (χ4v) is 5.28. The average molecular weight is 471 g/mol. The van der Waals surface area contributed by atoms with Crippen molar-refractivity contribution in [1.82, 2.24) is 4.31 Å². The Morgan fingerprint density at radius 1 is 0.931 bits per heavy atom. The van der Waals surface area contributed by atoms with Gasteiger partial charge in [-0.1, -0.05) is 25.4 Å². The molecule has 1 N–H and O–H groups in total. The van der Waals surface area contributed by atoms with E-state index in [2.05, 4.69) is 4.72 Å². The molecule has 2 aromatic carbocycles. The van der Waals surface area contributed by atoms with Gasteiger partial charge in [0.15, 0.2) is 0 Å². The summed E-state index contributed by atoms with van der Waals surface area (Å²) in [5.74, 6) is 0. The van der Waals surface area contributed by atoms with Gasteiger partial charge in [0.25, 0.3) is 10.0 Å². The molecule has 0 bridgehead atoms. The van der Waals surface area contributed by atoms with Crippen LogP contribution in [0.15, 0.2) is 52.3 Å². The zero-order chi connectivity index (χ0) is 22.0. The van der Waals surface area contributed by atoms with Gasteiger partial charge in [-0.2, -0.15) is 17.5 Å². The van der Waals surface area contributed by atoms with Crippen molar-refractivity contribution in [2.24, 2.45) is 0 Å². The summed E-state index contributed by atoms with van der Waals surface area (Å²) in [4.78, 5) is -0.663. The number of halogens is 4. The van der Waals surface area contributed by atoms with Crippen LogP contribution in [0.4, 0.5) is 18.9 Å². The molecule has 2 aromatic rings. The van der Waals surface area contributed by atoms with Crippen LogP contribution in [-0.2, 0) is 26.2 Å². The van der Waals surface area contributed by atoms with Crippen LogP contribution in [0.2, 0.25) is 5.02 Å². The van der Waals surface area contributed by atoms with Crippen LogP contribution in [0.1, 0.15) is 19.4 Å². The molecule has 0 atom stereocenters. The Bertz CT molecular complexity index is 1080. The van der Waals surface area contributed by atoms with Gasteiger partial charge < -0.3 is 0 Å². The van der Waals surface area contributed by atoms with Gasteiger partial charge in [-0.05, 0) is 42.5 Å². The largest absolute Gasteiger partial charge is 0.417 e. The molecule has 2 rings (SSSR count). The number of anilines is 1. The van der Waals surface area contributed by atoms with Crippen LogP contribution < -0.4 is 4.72 Å². The van der Waals surface area contributed by atoms with E-state index in [9.17, 15) is 30.0 Å². The van der Waals surface area contributed by atoms with E-state index in [1.54, 1.807) is 13.8 Å². The summed E-state index contributed by atoms with van der Waals surface area (Å²) >= 11 is 5.50. The lowest BCUT2D eigenvalue weighted by Crippen LogP contribution is -2.30. The average Bonchev–Trinajstić information content (AvgIpc) is 2.61. The fourth-order valence-electron chi connectivity index (χ4n) is 2.51. The highest BCUT2D eigenvalue weighted by molar-refractivity contribution is 7.92. The molecule has 6 nitrogen and oxygen atoms in total. The van der Waals surface area contributed by atoms with Crippen LogP contribution in [-0.4, -0.2) is 34.2 Å². The molecular weight excluding hydrogens is 453 g/mol. The second kappa shape index (κ2) is 8.50. The van der Waals surface area contributed by atoms with Crippen LogP contribution in [0, 0.1) is 0 Å². The van der Waals surface area contributed by atoms with E-state index in [0.717, 1.165) is 12.1 Å². The minimum atomic E-state index is -4.82. The standard InChI is InChI=1S/C17H18ClF3N2O4S2/c1-3-23(4-2)29(26,27)13-7-5-12(6-8-13)22-28(24,25)14-9-10-16(18)15(11-14)17(19,20)21/h5-11,22H,3-4H2,1-2H3. The normalized spacial score (nSPS) is 12.9. The first-order valence-corrected chi connectivity index (χ1v) is 11.6. The van der Waals surface area contributed by atoms with Crippen molar-refractivity contribution >= 4 is 37.3 Å². The van der Waals surface area contributed by atoms with Crippen LogP contribution >= 0.6 is 11.6 Å². The SMILES string of the molecule is CCN(CC)S(=O)(=O)c1ccc(NS(=O)(=O)c2ccc(Cl)c(C(F)(F)F)c2)cc1. The summed E-state index contributed by atoms with van der Waals surface area (Å²) in [6, 6.07) is 7.09. The number of hydrogen-bond donors (Lipinski definition) is 1. The van der Waals surface area contributed by atoms with Crippen molar-refractivity contribution in [1.29, 1.82) is 0 Å². The molecule has 0 unspecified atom stereocenters. The summed E-state index contributed by atoms with van der Waals surface area (Å²) < 4.78 is 92.0. The molecule has 0 aliphatic rings. The predicted octanol–water partition coefficient (Wildman–Crippen LogP) is 4.19. The van der Waals surface area contributed by atoms with E-state index in [1.165, 1.54) is 28.6 Å². The molecule has 160 valence electrons. The van der Waals surface area contributed by atoms with Crippen molar-refractivity contribution in [3.63, 3.8) is 0 Å². The molecule has 0 heterocycles. The predicted molar refractivity (Wildman–Crippen MR) is 104 cm³/mol. The fraction of sp³-hybridized carbons (Fsp3) is 0.294. The summed E-state index contributed by atoms with van der Waals surface area (Å²) in [6.45, 7) is 3.91. The number of alkyl halides is 3. The van der Waals surface area contributed by atoms with E-state index in [-0.39, 0.29) is 23.7 Å². The van der Waals surface area contributed by atoms with Crippen LogP contribution in [0.25, 0.3) is 0 Å². The highest BCUT2D eigenvalue weighted by Gasteiger charge is 2.34. The van der Waals surface area contributed by atoms with E-state index < -0.39 is 41.7 Å². The van der Waals surface area contributed by atoms with Crippen LogP contribution in [0.5, 0.6) is 0 Å². The van der Waals surface area contributed by atoms with Gasteiger partial charge in [-0.15, -0.1) is 0 Å². The van der Waals surface area contributed by atoms with Gasteiger partial charge in [-0.25, -0.2) is 16.8 Å². The van der Waals surface area contributed by atoms with Gasteiger partial charge in [0.05, 0.1) is 20.4 Å². The van der Waals surface area contributed by atoms with Crippen molar-refractivity contribution in [3.8, 4) is 0 Å². The summed E-state index contributed by atoms with van der Waals surface area (Å²) in [5.41, 5.74) is -1.28. The Kier molecular flexibility index (Phi) is 6.88. The van der Waals surface area contributed by atoms with E-state index >= 15 is 0 Å². The van der Waals surface area contributed by atoms with Gasteiger partial charge in [0, 0.05) is 18.8 Å². The molecule has 12 heteroatoms. The highest BCUT2D eigenvalue weighted by atomic mass is 35.5. The molecule has 0 saturated carbocycles. The molecule has 0 aliphatic carbocycles. The first-order valence-electron chi connectivity index (χ1n) is 8.32. The van der Waals surface area contributed by atoms with Gasteiger partial charge in [0.2, 0.25) is 10.0 Å². The second-order valence-electron chi connectivity index (χ2n) is 5.86. The number of sulfonamides is 2.